The summed E-state index contributed by atoms with van der Waals surface area (Å²) in [5, 5.41) is 2.91. The van der Waals surface area contributed by atoms with Gasteiger partial charge in [0.25, 0.3) is 5.91 Å². The number of carbonyl (C=O) groups is 1. The number of aromatic nitrogens is 1. The highest BCUT2D eigenvalue weighted by Crippen LogP contribution is 2.28. The van der Waals surface area contributed by atoms with Crippen LogP contribution in [0.1, 0.15) is 34.2 Å². The Bertz CT molecular complexity index is 710. The summed E-state index contributed by atoms with van der Waals surface area (Å²) in [6.07, 6.45) is 0. The van der Waals surface area contributed by atoms with E-state index in [4.69, 9.17) is 5.73 Å². The zero-order chi connectivity index (χ0) is 15.7. The number of nitrogens with zero attached hydrogens (tertiary/aromatic N) is 1. The molecule has 4 nitrogen and oxygen atoms in total. The van der Waals surface area contributed by atoms with Gasteiger partial charge in [-0.2, -0.15) is 0 Å². The molecule has 1 aromatic heterocycles. The number of hydrogen-bond acceptors (Lipinski definition) is 2. The van der Waals surface area contributed by atoms with Crippen molar-refractivity contribution in [3.63, 3.8) is 0 Å². The third-order valence-corrected chi connectivity index (χ3v) is 4.19. The molecule has 0 fully saturated rings. The molecule has 0 atom stereocenters. The van der Waals surface area contributed by atoms with Crippen LogP contribution in [0.5, 0.6) is 0 Å². The number of rotatable bonds is 3. The average molecular weight is 387 g/mol. The van der Waals surface area contributed by atoms with E-state index < -0.39 is 0 Å². The largest absolute Gasteiger partial charge is 0.397 e. The minimum absolute atomic E-state index is 0. The lowest BCUT2D eigenvalue weighted by molar-refractivity contribution is 0.102. The zero-order valence-electron chi connectivity index (χ0n) is 13.2. The fourth-order valence-corrected chi connectivity index (χ4v) is 3.14. The molecule has 120 valence electrons. The standard InChI is InChI=1S/C16H20BrN3O.ClH/c1-5-20-10(3)7-13(11(20)4)16(21)19-14-8-12(17)6-9(2)15(14)18;/h6-8H,5,18H2,1-4H3,(H,19,21);1H. The van der Waals surface area contributed by atoms with E-state index in [0.29, 0.717) is 16.9 Å². The van der Waals surface area contributed by atoms with E-state index in [1.165, 1.54) is 0 Å². The zero-order valence-corrected chi connectivity index (χ0v) is 15.6. The molecular formula is C16H21BrClN3O. The Balaban J connectivity index is 0.00000242. The van der Waals surface area contributed by atoms with Gasteiger partial charge in [-0.15, -0.1) is 12.4 Å². The summed E-state index contributed by atoms with van der Waals surface area (Å²) < 4.78 is 3.01. The van der Waals surface area contributed by atoms with Crippen LogP contribution in [0.2, 0.25) is 0 Å². The van der Waals surface area contributed by atoms with Crippen molar-refractivity contribution in [2.75, 3.05) is 11.1 Å². The number of hydrogen-bond donors (Lipinski definition) is 2. The normalized spacial score (nSPS) is 10.2. The third kappa shape index (κ3) is 3.47. The second kappa shape index (κ2) is 7.20. The lowest BCUT2D eigenvalue weighted by Gasteiger charge is -2.11. The quantitative estimate of drug-likeness (QED) is 0.765. The van der Waals surface area contributed by atoms with E-state index in [0.717, 1.165) is 28.0 Å². The summed E-state index contributed by atoms with van der Waals surface area (Å²) in [6, 6.07) is 5.66. The number of benzene rings is 1. The van der Waals surface area contributed by atoms with Crippen molar-refractivity contribution in [1.29, 1.82) is 0 Å². The molecular weight excluding hydrogens is 366 g/mol. The Kier molecular flexibility index (Phi) is 6.08. The fraction of sp³-hybridized carbons (Fsp3) is 0.312. The maximum absolute atomic E-state index is 12.5. The van der Waals surface area contributed by atoms with Crippen molar-refractivity contribution in [2.45, 2.75) is 34.2 Å². The van der Waals surface area contributed by atoms with E-state index in [2.05, 4.69) is 32.7 Å². The number of anilines is 2. The van der Waals surface area contributed by atoms with Gasteiger partial charge >= 0.3 is 0 Å². The van der Waals surface area contributed by atoms with E-state index in [9.17, 15) is 4.79 Å². The Morgan fingerprint density at radius 2 is 1.91 bits per heavy atom. The first kappa shape index (κ1) is 18.6. The number of amides is 1. The molecule has 1 aromatic carbocycles. The minimum Gasteiger partial charge on any atom is -0.397 e. The van der Waals surface area contributed by atoms with Crippen LogP contribution in [0, 0.1) is 20.8 Å². The third-order valence-electron chi connectivity index (χ3n) is 3.73. The van der Waals surface area contributed by atoms with Crippen molar-refractivity contribution in [3.05, 3.63) is 45.2 Å². The van der Waals surface area contributed by atoms with Crippen LogP contribution in [0.3, 0.4) is 0 Å². The molecule has 1 heterocycles. The highest BCUT2D eigenvalue weighted by Gasteiger charge is 2.16. The lowest BCUT2D eigenvalue weighted by Crippen LogP contribution is -2.14. The predicted octanol–water partition coefficient (Wildman–Crippen LogP) is 4.45. The fourth-order valence-electron chi connectivity index (χ4n) is 2.56. The second-order valence-electron chi connectivity index (χ2n) is 5.17. The predicted molar refractivity (Wildman–Crippen MR) is 98.1 cm³/mol. The summed E-state index contributed by atoms with van der Waals surface area (Å²) in [7, 11) is 0. The van der Waals surface area contributed by atoms with E-state index in [-0.39, 0.29) is 18.3 Å². The Labute approximate surface area is 145 Å². The first-order valence-electron chi connectivity index (χ1n) is 6.88. The second-order valence-corrected chi connectivity index (χ2v) is 6.08. The van der Waals surface area contributed by atoms with Gasteiger partial charge in [0.15, 0.2) is 0 Å². The van der Waals surface area contributed by atoms with Gasteiger partial charge in [0.2, 0.25) is 0 Å². The summed E-state index contributed by atoms with van der Waals surface area (Å²) in [5.41, 5.74) is 10.9. The van der Waals surface area contributed by atoms with Crippen LogP contribution in [-0.2, 0) is 6.54 Å². The monoisotopic (exact) mass is 385 g/mol. The van der Waals surface area contributed by atoms with Crippen LogP contribution >= 0.6 is 28.3 Å². The summed E-state index contributed by atoms with van der Waals surface area (Å²) >= 11 is 3.42. The molecule has 3 N–H and O–H groups in total. The Hall–Kier alpha value is -1.46. The van der Waals surface area contributed by atoms with Crippen molar-refractivity contribution in [1.82, 2.24) is 4.57 Å². The number of halogens is 2. The van der Waals surface area contributed by atoms with Gasteiger partial charge in [-0.05, 0) is 51.5 Å². The molecule has 2 aromatic rings. The molecule has 0 saturated carbocycles. The highest BCUT2D eigenvalue weighted by molar-refractivity contribution is 9.10. The topological polar surface area (TPSA) is 60.0 Å². The molecule has 0 spiro atoms. The van der Waals surface area contributed by atoms with Gasteiger partial charge in [-0.1, -0.05) is 15.9 Å². The minimum atomic E-state index is -0.132. The summed E-state index contributed by atoms with van der Waals surface area (Å²) in [6.45, 7) is 8.80. The number of nitrogens with two attached hydrogens (primary N) is 1. The number of nitrogens with one attached hydrogen (secondary N) is 1. The van der Waals surface area contributed by atoms with Crippen LogP contribution in [0.4, 0.5) is 11.4 Å². The Morgan fingerprint density at radius 3 is 2.45 bits per heavy atom. The summed E-state index contributed by atoms with van der Waals surface area (Å²) in [4.78, 5) is 12.5. The van der Waals surface area contributed by atoms with Crippen LogP contribution in [0.15, 0.2) is 22.7 Å². The molecule has 2 rings (SSSR count). The van der Waals surface area contributed by atoms with Gasteiger partial charge in [0.05, 0.1) is 16.9 Å². The lowest BCUT2D eigenvalue weighted by atomic mass is 10.1. The maximum Gasteiger partial charge on any atom is 0.257 e. The molecule has 22 heavy (non-hydrogen) atoms. The molecule has 0 unspecified atom stereocenters. The van der Waals surface area contributed by atoms with Crippen molar-refractivity contribution >= 4 is 45.6 Å². The van der Waals surface area contributed by atoms with Gasteiger partial charge < -0.3 is 15.6 Å². The molecule has 0 radical (unpaired) electrons. The number of carbonyl (C=O) groups excluding carboxylic acids is 1. The van der Waals surface area contributed by atoms with Crippen LogP contribution in [-0.4, -0.2) is 10.5 Å². The van der Waals surface area contributed by atoms with Gasteiger partial charge in [-0.25, -0.2) is 0 Å². The highest BCUT2D eigenvalue weighted by atomic mass is 79.9. The smallest absolute Gasteiger partial charge is 0.257 e. The van der Waals surface area contributed by atoms with Gasteiger partial charge in [-0.3, -0.25) is 4.79 Å². The van der Waals surface area contributed by atoms with Crippen LogP contribution in [0.25, 0.3) is 0 Å². The molecule has 0 aliphatic rings. The van der Waals surface area contributed by atoms with Crippen LogP contribution < -0.4 is 11.1 Å². The van der Waals surface area contributed by atoms with Gasteiger partial charge in [0.1, 0.15) is 0 Å². The molecule has 0 bridgehead atoms. The maximum atomic E-state index is 12.5. The number of aryl methyl sites for hydroxylation is 2. The van der Waals surface area contributed by atoms with Crippen molar-refractivity contribution in [3.8, 4) is 0 Å². The molecule has 1 amide bonds. The first-order chi connectivity index (χ1) is 9.85. The van der Waals surface area contributed by atoms with Crippen molar-refractivity contribution < 1.29 is 4.79 Å². The SMILES string of the molecule is CCn1c(C)cc(C(=O)Nc2cc(Br)cc(C)c2N)c1C.Cl. The first-order valence-corrected chi connectivity index (χ1v) is 7.68. The molecule has 0 aliphatic carbocycles. The van der Waals surface area contributed by atoms with E-state index in [1.807, 2.05) is 39.0 Å². The van der Waals surface area contributed by atoms with E-state index >= 15 is 0 Å². The Morgan fingerprint density at radius 1 is 1.27 bits per heavy atom. The molecule has 0 saturated heterocycles. The van der Waals surface area contributed by atoms with E-state index in [1.54, 1.807) is 0 Å². The molecule has 6 heteroatoms. The average Bonchev–Trinajstić information content (AvgIpc) is 2.70. The number of nitrogen functional groups attached to an aromatic ring is 1. The van der Waals surface area contributed by atoms with Crippen molar-refractivity contribution in [2.24, 2.45) is 0 Å². The molecule has 0 aliphatic heterocycles. The summed E-state index contributed by atoms with van der Waals surface area (Å²) in [5.74, 6) is -0.132. The van der Waals surface area contributed by atoms with Gasteiger partial charge in [0, 0.05) is 22.4 Å².